The highest BCUT2D eigenvalue weighted by molar-refractivity contribution is 7.99. The first-order valence-corrected chi connectivity index (χ1v) is 7.33. The van der Waals surface area contributed by atoms with E-state index in [2.05, 4.69) is 36.1 Å². The summed E-state index contributed by atoms with van der Waals surface area (Å²) < 4.78 is 5.59. The van der Waals surface area contributed by atoms with Gasteiger partial charge in [0.2, 0.25) is 0 Å². The van der Waals surface area contributed by atoms with Crippen LogP contribution in [0.5, 0.6) is 0 Å². The Kier molecular flexibility index (Phi) is 4.45. The summed E-state index contributed by atoms with van der Waals surface area (Å²) in [4.78, 5) is 9.11. The Morgan fingerprint density at radius 1 is 1.44 bits per heavy atom. The first-order valence-electron chi connectivity index (χ1n) is 6.45. The second-order valence-corrected chi connectivity index (χ2v) is 6.13. The van der Waals surface area contributed by atoms with E-state index in [9.17, 15) is 0 Å². The van der Waals surface area contributed by atoms with E-state index in [-0.39, 0.29) is 0 Å². The van der Waals surface area contributed by atoms with Crippen LogP contribution in [0.25, 0.3) is 0 Å². The largest absolute Gasteiger partial charge is 0.377 e. The molecule has 1 aliphatic heterocycles. The van der Waals surface area contributed by atoms with E-state index >= 15 is 0 Å². The van der Waals surface area contributed by atoms with Crippen LogP contribution in [-0.2, 0) is 4.74 Å². The molecule has 1 aromatic heterocycles. The smallest absolute Gasteiger partial charge is 0.134 e. The number of nitrogens with one attached hydrogen (secondary N) is 1. The van der Waals surface area contributed by atoms with E-state index in [4.69, 9.17) is 4.74 Å². The van der Waals surface area contributed by atoms with E-state index in [1.54, 1.807) is 11.8 Å². The third-order valence-electron chi connectivity index (χ3n) is 3.07. The van der Waals surface area contributed by atoms with Crippen molar-refractivity contribution >= 4 is 17.6 Å². The molecule has 0 radical (unpaired) electrons. The number of hydrogen-bond donors (Lipinski definition) is 1. The molecule has 0 aliphatic carbocycles. The zero-order valence-electron chi connectivity index (χ0n) is 11.4. The van der Waals surface area contributed by atoms with Gasteiger partial charge < -0.3 is 10.1 Å². The van der Waals surface area contributed by atoms with Gasteiger partial charge in [0.15, 0.2) is 0 Å². The molecule has 1 aromatic rings. The van der Waals surface area contributed by atoms with Crippen LogP contribution in [0.15, 0.2) is 11.1 Å². The highest BCUT2D eigenvalue weighted by atomic mass is 32.2. The second kappa shape index (κ2) is 5.89. The van der Waals surface area contributed by atoms with Gasteiger partial charge >= 0.3 is 0 Å². The number of anilines is 1. The van der Waals surface area contributed by atoms with Crippen LogP contribution < -0.4 is 5.32 Å². The van der Waals surface area contributed by atoms with Crippen LogP contribution in [0.4, 0.5) is 5.82 Å². The maximum absolute atomic E-state index is 5.59. The monoisotopic (exact) mass is 267 g/mol. The number of aromatic nitrogens is 2. The molecule has 0 saturated carbocycles. The Hall–Kier alpha value is -0.810. The topological polar surface area (TPSA) is 47.0 Å². The highest BCUT2D eigenvalue weighted by Crippen LogP contribution is 2.32. The summed E-state index contributed by atoms with van der Waals surface area (Å²) in [6.07, 6.45) is 1.41. The third-order valence-corrected chi connectivity index (χ3v) is 4.44. The van der Waals surface area contributed by atoms with Gasteiger partial charge in [0.25, 0.3) is 0 Å². The minimum absolute atomic E-state index is 0.311. The van der Waals surface area contributed by atoms with E-state index in [1.807, 2.05) is 13.1 Å². The molecule has 2 rings (SSSR count). The van der Waals surface area contributed by atoms with Crippen molar-refractivity contribution in [1.82, 2.24) is 9.97 Å². The molecule has 0 spiro atoms. The summed E-state index contributed by atoms with van der Waals surface area (Å²) in [6, 6.07) is 2.02. The Morgan fingerprint density at radius 2 is 2.22 bits per heavy atom. The van der Waals surface area contributed by atoms with E-state index in [0.29, 0.717) is 17.3 Å². The molecule has 2 heterocycles. The molecule has 1 fully saturated rings. The number of hydrogen-bond acceptors (Lipinski definition) is 5. The highest BCUT2D eigenvalue weighted by Gasteiger charge is 2.26. The van der Waals surface area contributed by atoms with E-state index in [1.165, 1.54) is 0 Å². The van der Waals surface area contributed by atoms with Gasteiger partial charge in [-0.15, -0.1) is 11.8 Å². The van der Waals surface area contributed by atoms with Crippen LogP contribution in [0.1, 0.15) is 38.9 Å². The molecule has 1 aliphatic rings. The lowest BCUT2D eigenvalue weighted by Gasteiger charge is -2.15. The molecule has 2 atom stereocenters. The van der Waals surface area contributed by atoms with Gasteiger partial charge in [0.1, 0.15) is 16.7 Å². The van der Waals surface area contributed by atoms with Crippen molar-refractivity contribution in [2.24, 2.45) is 0 Å². The average Bonchev–Trinajstić information content (AvgIpc) is 2.74. The Bertz CT molecular complexity index is 411. The maximum atomic E-state index is 5.59. The number of ether oxygens (including phenoxy) is 1. The van der Waals surface area contributed by atoms with Gasteiger partial charge in [-0.2, -0.15) is 0 Å². The van der Waals surface area contributed by atoms with Crippen LogP contribution in [-0.4, -0.2) is 35.0 Å². The first-order chi connectivity index (χ1) is 8.60. The quantitative estimate of drug-likeness (QED) is 0.850. The third kappa shape index (κ3) is 3.14. The molecule has 4 nitrogen and oxygen atoms in total. The normalized spacial score (nSPS) is 23.6. The lowest BCUT2D eigenvalue weighted by Crippen LogP contribution is -2.14. The molecular formula is C13H21N3OS. The number of nitrogens with zero attached hydrogens (tertiary/aromatic N) is 2. The predicted molar refractivity (Wildman–Crippen MR) is 75.3 cm³/mol. The maximum Gasteiger partial charge on any atom is 0.134 e. The van der Waals surface area contributed by atoms with Crippen LogP contribution in [0, 0.1) is 0 Å². The zero-order valence-corrected chi connectivity index (χ0v) is 12.3. The zero-order chi connectivity index (χ0) is 13.1. The van der Waals surface area contributed by atoms with Gasteiger partial charge in [0, 0.05) is 30.9 Å². The Labute approximate surface area is 113 Å². The van der Waals surface area contributed by atoms with E-state index < -0.39 is 0 Å². The van der Waals surface area contributed by atoms with Crippen molar-refractivity contribution in [3.63, 3.8) is 0 Å². The van der Waals surface area contributed by atoms with Gasteiger partial charge in [-0.1, -0.05) is 13.8 Å². The molecule has 100 valence electrons. The van der Waals surface area contributed by atoms with Crippen molar-refractivity contribution in [3.05, 3.63) is 11.9 Å². The summed E-state index contributed by atoms with van der Waals surface area (Å²) in [5.41, 5.74) is 0. The van der Waals surface area contributed by atoms with Crippen molar-refractivity contribution < 1.29 is 4.74 Å². The minimum atomic E-state index is 0.311. The number of thioether (sulfide) groups is 1. The molecule has 1 saturated heterocycles. The van der Waals surface area contributed by atoms with E-state index in [0.717, 1.165) is 29.7 Å². The lowest BCUT2D eigenvalue weighted by molar-refractivity contribution is 0.127. The summed E-state index contributed by atoms with van der Waals surface area (Å²) in [7, 11) is 1.89. The molecule has 1 N–H and O–H groups in total. The molecule has 2 unspecified atom stereocenters. The second-order valence-electron chi connectivity index (χ2n) is 4.88. The SMILES string of the molecule is CNc1cc(SC2CCOC2C)nc(C(C)C)n1. The first kappa shape index (κ1) is 13.6. The minimum Gasteiger partial charge on any atom is -0.377 e. The molecule has 0 bridgehead atoms. The summed E-state index contributed by atoms with van der Waals surface area (Å²) in [5.74, 6) is 2.13. The fraction of sp³-hybridized carbons (Fsp3) is 0.692. The van der Waals surface area contributed by atoms with Gasteiger partial charge in [-0.05, 0) is 13.3 Å². The fourth-order valence-corrected chi connectivity index (χ4v) is 3.03. The van der Waals surface area contributed by atoms with Gasteiger partial charge in [-0.25, -0.2) is 9.97 Å². The standard InChI is InChI=1S/C13H21N3OS/c1-8(2)13-15-11(14-4)7-12(16-13)18-10-5-6-17-9(10)3/h7-10H,5-6H2,1-4H3,(H,14,15,16). The lowest BCUT2D eigenvalue weighted by atomic mass is 10.2. The molecule has 0 aromatic carbocycles. The molecule has 18 heavy (non-hydrogen) atoms. The Morgan fingerprint density at radius 3 is 2.78 bits per heavy atom. The van der Waals surface area contributed by atoms with Crippen molar-refractivity contribution in [3.8, 4) is 0 Å². The molecule has 0 amide bonds. The molecular weight excluding hydrogens is 246 g/mol. The van der Waals surface area contributed by atoms with Gasteiger partial charge in [-0.3, -0.25) is 0 Å². The van der Waals surface area contributed by atoms with Crippen LogP contribution >= 0.6 is 11.8 Å². The fourth-order valence-electron chi connectivity index (χ4n) is 1.91. The van der Waals surface area contributed by atoms with Gasteiger partial charge in [0.05, 0.1) is 6.10 Å². The number of rotatable bonds is 4. The van der Waals surface area contributed by atoms with Crippen LogP contribution in [0.2, 0.25) is 0 Å². The Balaban J connectivity index is 2.18. The average molecular weight is 267 g/mol. The van der Waals surface area contributed by atoms with Crippen molar-refractivity contribution in [2.75, 3.05) is 19.0 Å². The van der Waals surface area contributed by atoms with Crippen molar-refractivity contribution in [2.45, 2.75) is 49.5 Å². The summed E-state index contributed by atoms with van der Waals surface area (Å²) in [5, 5.41) is 4.65. The molecule has 5 heteroatoms. The van der Waals surface area contributed by atoms with Crippen molar-refractivity contribution in [1.29, 1.82) is 0 Å². The summed E-state index contributed by atoms with van der Waals surface area (Å²) in [6.45, 7) is 7.23. The van der Waals surface area contributed by atoms with Crippen LogP contribution in [0.3, 0.4) is 0 Å². The predicted octanol–water partition coefficient (Wildman–Crippen LogP) is 2.91. The summed E-state index contributed by atoms with van der Waals surface area (Å²) >= 11 is 1.80.